The van der Waals surface area contributed by atoms with E-state index in [4.69, 9.17) is 4.74 Å². The number of carbonyl (C=O) groups excluding carboxylic acids is 1. The minimum Gasteiger partial charge on any atom is -0.494 e. The number of amides is 2. The van der Waals surface area contributed by atoms with Crippen molar-refractivity contribution in [2.75, 3.05) is 12.0 Å². The minimum absolute atomic E-state index is 0.0564. The van der Waals surface area contributed by atoms with Crippen molar-refractivity contribution in [3.63, 3.8) is 0 Å². The van der Waals surface area contributed by atoms with E-state index in [0.29, 0.717) is 28.1 Å². The number of urea groups is 1. The number of anilines is 1. The van der Waals surface area contributed by atoms with Crippen LogP contribution in [-0.2, 0) is 24.8 Å². The highest BCUT2D eigenvalue weighted by Gasteiger charge is 2.25. The van der Waals surface area contributed by atoms with Gasteiger partial charge in [-0.15, -0.1) is 0 Å². The summed E-state index contributed by atoms with van der Waals surface area (Å²) in [7, 11) is 3.02. The lowest BCUT2D eigenvalue weighted by Gasteiger charge is -2.25. The van der Waals surface area contributed by atoms with E-state index in [1.165, 1.54) is 22.9 Å². The van der Waals surface area contributed by atoms with Crippen LogP contribution in [0, 0.1) is 0 Å². The number of hydrogen-bond acceptors (Lipinski definition) is 5. The number of methoxy groups -OCH3 is 1. The van der Waals surface area contributed by atoms with Gasteiger partial charge in [-0.1, -0.05) is 72.8 Å². The van der Waals surface area contributed by atoms with Crippen LogP contribution >= 0.6 is 0 Å². The standard InChI is InChI=1S/C29H28N4O5/c1-32-27(34)26(25(38-2)18-30-32)22-15-13-20(14-16-22)17-24(28(35)36)31-29(37)33(23-11-7-4-8-12-23)19-21-9-5-3-6-10-21/h3-16,18,24H,17,19H2,1-2H3,(H,31,37)(H,35,36)/t24-/m0/s1. The molecule has 0 aliphatic heterocycles. The molecule has 3 aromatic carbocycles. The molecule has 0 saturated carbocycles. The van der Waals surface area contributed by atoms with Gasteiger partial charge < -0.3 is 15.2 Å². The summed E-state index contributed by atoms with van der Waals surface area (Å²) in [5.74, 6) is -0.809. The Bertz CT molecular complexity index is 1450. The molecule has 4 aromatic rings. The van der Waals surface area contributed by atoms with E-state index in [2.05, 4.69) is 10.4 Å². The number of rotatable bonds is 9. The number of aromatic nitrogens is 2. The molecule has 1 aromatic heterocycles. The first-order valence-electron chi connectivity index (χ1n) is 12.0. The largest absolute Gasteiger partial charge is 0.494 e. The Morgan fingerprint density at radius 3 is 2.21 bits per heavy atom. The lowest BCUT2D eigenvalue weighted by Crippen LogP contribution is -2.48. The minimum atomic E-state index is -1.17. The molecule has 0 aliphatic rings. The van der Waals surface area contributed by atoms with Crippen molar-refractivity contribution < 1.29 is 19.4 Å². The molecule has 0 spiro atoms. The Balaban J connectivity index is 1.54. The van der Waals surface area contributed by atoms with Crippen LogP contribution in [0.5, 0.6) is 5.75 Å². The van der Waals surface area contributed by atoms with Crippen molar-refractivity contribution in [2.24, 2.45) is 7.05 Å². The Morgan fingerprint density at radius 1 is 0.974 bits per heavy atom. The number of ether oxygens (including phenoxy) is 1. The molecule has 0 radical (unpaired) electrons. The van der Waals surface area contributed by atoms with Crippen LogP contribution in [0.25, 0.3) is 11.1 Å². The van der Waals surface area contributed by atoms with Crippen molar-refractivity contribution in [2.45, 2.75) is 19.0 Å². The van der Waals surface area contributed by atoms with Crippen LogP contribution in [0.1, 0.15) is 11.1 Å². The number of benzene rings is 3. The van der Waals surface area contributed by atoms with Gasteiger partial charge in [-0.05, 0) is 28.8 Å². The number of nitrogens with zero attached hydrogens (tertiary/aromatic N) is 3. The molecule has 1 atom stereocenters. The smallest absolute Gasteiger partial charge is 0.326 e. The first-order valence-corrected chi connectivity index (χ1v) is 12.0. The average molecular weight is 513 g/mol. The first kappa shape index (κ1) is 26.2. The van der Waals surface area contributed by atoms with E-state index >= 15 is 0 Å². The number of aliphatic carboxylic acids is 1. The zero-order valence-corrected chi connectivity index (χ0v) is 21.1. The third-order valence-electron chi connectivity index (χ3n) is 6.10. The molecule has 2 N–H and O–H groups in total. The molecular formula is C29H28N4O5. The Morgan fingerprint density at radius 2 is 1.61 bits per heavy atom. The van der Waals surface area contributed by atoms with Crippen molar-refractivity contribution >= 4 is 17.7 Å². The SMILES string of the molecule is COc1cnn(C)c(=O)c1-c1ccc(C[C@H](NC(=O)N(Cc2ccccc2)c2ccccc2)C(=O)O)cc1. The molecular weight excluding hydrogens is 484 g/mol. The van der Waals surface area contributed by atoms with Gasteiger partial charge in [-0.25, -0.2) is 14.3 Å². The summed E-state index contributed by atoms with van der Waals surface area (Å²) in [6.07, 6.45) is 1.52. The number of para-hydroxylation sites is 1. The predicted octanol–water partition coefficient (Wildman–Crippen LogP) is 3.87. The fraction of sp³-hybridized carbons (Fsp3) is 0.172. The highest BCUT2D eigenvalue weighted by Crippen LogP contribution is 2.26. The van der Waals surface area contributed by atoms with Crippen molar-refractivity contribution in [1.82, 2.24) is 15.1 Å². The maximum Gasteiger partial charge on any atom is 0.326 e. The summed E-state index contributed by atoms with van der Waals surface area (Å²) in [4.78, 5) is 39.6. The van der Waals surface area contributed by atoms with E-state index < -0.39 is 18.0 Å². The second-order valence-corrected chi connectivity index (χ2v) is 8.67. The molecule has 38 heavy (non-hydrogen) atoms. The second-order valence-electron chi connectivity index (χ2n) is 8.67. The summed E-state index contributed by atoms with van der Waals surface area (Å²) >= 11 is 0. The summed E-state index contributed by atoms with van der Waals surface area (Å²) in [6.45, 7) is 0.278. The van der Waals surface area contributed by atoms with Crippen molar-refractivity contribution in [3.05, 3.63) is 113 Å². The van der Waals surface area contributed by atoms with E-state index in [9.17, 15) is 19.5 Å². The van der Waals surface area contributed by atoms with Crippen molar-refractivity contribution in [3.8, 4) is 16.9 Å². The lowest BCUT2D eigenvalue weighted by atomic mass is 10.0. The van der Waals surface area contributed by atoms with Gasteiger partial charge in [0.1, 0.15) is 6.04 Å². The van der Waals surface area contributed by atoms with Crippen LogP contribution in [0.4, 0.5) is 10.5 Å². The number of hydrogen-bond donors (Lipinski definition) is 2. The molecule has 0 saturated heterocycles. The van der Waals surface area contributed by atoms with Crippen LogP contribution in [-0.4, -0.2) is 40.0 Å². The summed E-state index contributed by atoms with van der Waals surface area (Å²) < 4.78 is 6.52. The second kappa shape index (κ2) is 11.9. The molecule has 194 valence electrons. The van der Waals surface area contributed by atoms with Crippen LogP contribution in [0.15, 0.2) is 95.9 Å². The fourth-order valence-corrected chi connectivity index (χ4v) is 4.07. The number of aryl methyl sites for hydroxylation is 1. The quantitative estimate of drug-likeness (QED) is 0.352. The Kier molecular flexibility index (Phi) is 8.17. The third kappa shape index (κ3) is 6.07. The maximum absolute atomic E-state index is 13.3. The van der Waals surface area contributed by atoms with E-state index in [0.717, 1.165) is 5.56 Å². The predicted molar refractivity (Wildman–Crippen MR) is 144 cm³/mol. The van der Waals surface area contributed by atoms with Gasteiger partial charge in [0, 0.05) is 19.2 Å². The summed E-state index contributed by atoms with van der Waals surface area (Å²) in [5.41, 5.74) is 2.90. The average Bonchev–Trinajstić information content (AvgIpc) is 2.94. The molecule has 0 fully saturated rings. The van der Waals surface area contributed by atoms with Gasteiger partial charge in [0.15, 0.2) is 5.75 Å². The monoisotopic (exact) mass is 512 g/mol. The zero-order chi connectivity index (χ0) is 27.1. The molecule has 0 bridgehead atoms. The number of carboxylic acid groups (broad SMARTS) is 1. The van der Waals surface area contributed by atoms with Crippen LogP contribution in [0.2, 0.25) is 0 Å². The molecule has 0 unspecified atom stereocenters. The summed E-state index contributed by atoms with van der Waals surface area (Å²) in [6, 6.07) is 23.8. The molecule has 2 amide bonds. The fourth-order valence-electron chi connectivity index (χ4n) is 4.07. The topological polar surface area (TPSA) is 114 Å². The highest BCUT2D eigenvalue weighted by molar-refractivity contribution is 5.94. The van der Waals surface area contributed by atoms with Gasteiger partial charge in [-0.3, -0.25) is 9.69 Å². The van der Waals surface area contributed by atoms with Crippen molar-refractivity contribution in [1.29, 1.82) is 0 Å². The van der Waals surface area contributed by atoms with Crippen LogP contribution < -0.4 is 20.5 Å². The van der Waals surface area contributed by atoms with Gasteiger partial charge in [-0.2, -0.15) is 5.10 Å². The Hall–Kier alpha value is -4.92. The lowest BCUT2D eigenvalue weighted by molar-refractivity contribution is -0.139. The molecule has 1 heterocycles. The normalized spacial score (nSPS) is 11.4. The maximum atomic E-state index is 13.3. The van der Waals surface area contributed by atoms with Gasteiger partial charge in [0.2, 0.25) is 0 Å². The van der Waals surface area contributed by atoms with E-state index in [-0.39, 0.29) is 18.5 Å². The highest BCUT2D eigenvalue weighted by atomic mass is 16.5. The first-order chi connectivity index (χ1) is 18.4. The van der Waals surface area contributed by atoms with Gasteiger partial charge >= 0.3 is 12.0 Å². The number of nitrogens with one attached hydrogen (secondary N) is 1. The number of carbonyl (C=O) groups is 2. The summed E-state index contributed by atoms with van der Waals surface area (Å²) in [5, 5.41) is 16.5. The molecule has 0 aliphatic carbocycles. The third-order valence-corrected chi connectivity index (χ3v) is 6.10. The Labute approximate surface area is 219 Å². The van der Waals surface area contributed by atoms with E-state index in [1.54, 1.807) is 43.4 Å². The van der Waals surface area contributed by atoms with Gasteiger partial charge in [0.25, 0.3) is 5.56 Å². The number of carboxylic acids is 1. The molecule has 9 heteroatoms. The van der Waals surface area contributed by atoms with Crippen LogP contribution in [0.3, 0.4) is 0 Å². The zero-order valence-electron chi connectivity index (χ0n) is 21.1. The van der Waals surface area contributed by atoms with E-state index in [1.807, 2.05) is 48.5 Å². The van der Waals surface area contributed by atoms with Gasteiger partial charge in [0.05, 0.1) is 25.4 Å². The molecule has 4 rings (SSSR count). The molecule has 9 nitrogen and oxygen atoms in total.